The molecule has 5 nitrogen and oxygen atoms in total. The van der Waals surface area contributed by atoms with E-state index >= 15 is 0 Å². The maximum atomic E-state index is 5.54. The summed E-state index contributed by atoms with van der Waals surface area (Å²) in [6, 6.07) is 0.515. The van der Waals surface area contributed by atoms with E-state index in [4.69, 9.17) is 4.52 Å². The van der Waals surface area contributed by atoms with Crippen LogP contribution in [0, 0.1) is 0 Å². The highest BCUT2D eigenvalue weighted by Crippen LogP contribution is 2.33. The lowest BCUT2D eigenvalue weighted by atomic mass is 10.0. The zero-order valence-corrected chi connectivity index (χ0v) is 13.8. The number of aromatic nitrogens is 2. The number of hydrogen-bond donors (Lipinski definition) is 1. The molecule has 0 radical (unpaired) electrons. The first kappa shape index (κ1) is 16.4. The van der Waals surface area contributed by atoms with Crippen molar-refractivity contribution in [3.8, 4) is 0 Å². The predicted molar refractivity (Wildman–Crippen MR) is 84.5 cm³/mol. The molecule has 0 saturated heterocycles. The van der Waals surface area contributed by atoms with Gasteiger partial charge in [0.25, 0.3) is 0 Å². The Morgan fingerprint density at radius 2 is 2.05 bits per heavy atom. The van der Waals surface area contributed by atoms with Crippen LogP contribution >= 0.6 is 0 Å². The van der Waals surface area contributed by atoms with Gasteiger partial charge in [0.1, 0.15) is 0 Å². The third-order valence-electron chi connectivity index (χ3n) is 4.52. The molecular weight excluding hydrogens is 264 g/mol. The molecular formula is C16H30N4O. The van der Waals surface area contributed by atoms with Crippen molar-refractivity contribution in [2.75, 3.05) is 26.2 Å². The summed E-state index contributed by atoms with van der Waals surface area (Å²) in [4.78, 5) is 7.03. The fourth-order valence-electron chi connectivity index (χ4n) is 3.15. The maximum Gasteiger partial charge on any atom is 0.231 e. The maximum absolute atomic E-state index is 5.54. The average molecular weight is 294 g/mol. The number of rotatable bonds is 9. The first-order valence-electron chi connectivity index (χ1n) is 8.56. The highest BCUT2D eigenvalue weighted by Gasteiger charge is 2.32. The Labute approximate surface area is 128 Å². The molecule has 120 valence electrons. The van der Waals surface area contributed by atoms with Crippen molar-refractivity contribution in [2.45, 2.75) is 64.8 Å². The Bertz CT molecular complexity index is 403. The molecule has 2 atom stereocenters. The fraction of sp³-hybridized carbons (Fsp3) is 0.875. The Morgan fingerprint density at radius 3 is 2.76 bits per heavy atom. The van der Waals surface area contributed by atoms with E-state index in [0.29, 0.717) is 12.0 Å². The van der Waals surface area contributed by atoms with E-state index in [2.05, 4.69) is 41.1 Å². The van der Waals surface area contributed by atoms with Gasteiger partial charge in [0.2, 0.25) is 5.89 Å². The van der Waals surface area contributed by atoms with Crippen LogP contribution in [0.15, 0.2) is 4.52 Å². The zero-order chi connectivity index (χ0) is 15.1. The van der Waals surface area contributed by atoms with Gasteiger partial charge in [-0.3, -0.25) is 0 Å². The molecule has 0 aliphatic heterocycles. The summed E-state index contributed by atoms with van der Waals surface area (Å²) in [7, 11) is 0. The van der Waals surface area contributed by atoms with Gasteiger partial charge in [-0.05, 0) is 38.9 Å². The lowest BCUT2D eigenvalue weighted by molar-refractivity contribution is 0.300. The number of nitrogens with zero attached hydrogens (tertiary/aromatic N) is 3. The summed E-state index contributed by atoms with van der Waals surface area (Å²) in [5.41, 5.74) is 0. The van der Waals surface area contributed by atoms with Gasteiger partial charge in [-0.15, -0.1) is 0 Å². The lowest BCUT2D eigenvalue weighted by Crippen LogP contribution is -2.32. The molecule has 1 aromatic heterocycles. The number of hydrogen-bond acceptors (Lipinski definition) is 5. The van der Waals surface area contributed by atoms with Crippen LogP contribution in [-0.2, 0) is 6.42 Å². The Kier molecular flexibility index (Phi) is 6.64. The summed E-state index contributed by atoms with van der Waals surface area (Å²) < 4.78 is 5.54. The smallest absolute Gasteiger partial charge is 0.231 e. The predicted octanol–water partition coefficient (Wildman–Crippen LogP) is 2.59. The molecule has 5 heteroatoms. The van der Waals surface area contributed by atoms with Gasteiger partial charge in [-0.25, -0.2) is 0 Å². The second-order valence-corrected chi connectivity index (χ2v) is 5.92. The van der Waals surface area contributed by atoms with Crippen LogP contribution in [0.5, 0.6) is 0 Å². The van der Waals surface area contributed by atoms with Crippen LogP contribution < -0.4 is 5.32 Å². The number of likely N-dealkylation sites (N-methyl/N-ethyl adjacent to an activating group) is 1. The molecule has 1 aliphatic rings. The average Bonchev–Trinajstić information content (AvgIpc) is 3.14. The van der Waals surface area contributed by atoms with E-state index in [1.54, 1.807) is 0 Å². The lowest BCUT2D eigenvalue weighted by Gasteiger charge is -2.17. The molecule has 1 aromatic rings. The van der Waals surface area contributed by atoms with Gasteiger partial charge < -0.3 is 14.7 Å². The van der Waals surface area contributed by atoms with Crippen molar-refractivity contribution in [2.24, 2.45) is 0 Å². The molecule has 2 rings (SSSR count). The van der Waals surface area contributed by atoms with E-state index in [1.807, 2.05) is 0 Å². The third-order valence-corrected chi connectivity index (χ3v) is 4.52. The van der Waals surface area contributed by atoms with Crippen LogP contribution in [0.1, 0.15) is 64.1 Å². The minimum absolute atomic E-state index is 0.409. The molecule has 2 unspecified atom stereocenters. The molecule has 0 amide bonds. The van der Waals surface area contributed by atoms with Gasteiger partial charge in [-0.2, -0.15) is 4.98 Å². The molecule has 1 saturated carbocycles. The minimum Gasteiger partial charge on any atom is -0.339 e. The summed E-state index contributed by atoms with van der Waals surface area (Å²) in [5, 5.41) is 7.80. The molecule has 21 heavy (non-hydrogen) atoms. The van der Waals surface area contributed by atoms with Crippen molar-refractivity contribution in [1.29, 1.82) is 0 Å². The Balaban J connectivity index is 1.89. The fourth-order valence-corrected chi connectivity index (χ4v) is 3.15. The molecule has 1 fully saturated rings. The standard InChI is InChI=1S/C16H30N4O/c1-4-11-17-14-9-7-8-13(14)16-18-15(19-21-16)10-12-20(5-2)6-3/h13-14,17H,4-12H2,1-3H3. The van der Waals surface area contributed by atoms with Gasteiger partial charge in [0.05, 0.1) is 5.92 Å². The third kappa shape index (κ3) is 4.51. The van der Waals surface area contributed by atoms with E-state index in [-0.39, 0.29) is 0 Å². The molecule has 1 N–H and O–H groups in total. The van der Waals surface area contributed by atoms with Gasteiger partial charge in [0.15, 0.2) is 5.82 Å². The molecule has 0 aromatic carbocycles. The molecule has 0 bridgehead atoms. The van der Waals surface area contributed by atoms with E-state index < -0.39 is 0 Å². The molecule has 1 heterocycles. The van der Waals surface area contributed by atoms with E-state index in [1.165, 1.54) is 25.7 Å². The van der Waals surface area contributed by atoms with Gasteiger partial charge in [-0.1, -0.05) is 32.3 Å². The van der Waals surface area contributed by atoms with E-state index in [0.717, 1.165) is 44.3 Å². The van der Waals surface area contributed by atoms with Crippen LogP contribution in [0.2, 0.25) is 0 Å². The summed E-state index contributed by atoms with van der Waals surface area (Å²) in [6.45, 7) is 10.8. The Hall–Kier alpha value is -0.940. The number of nitrogens with one attached hydrogen (secondary N) is 1. The van der Waals surface area contributed by atoms with Crippen LogP contribution in [0.4, 0.5) is 0 Å². The second-order valence-electron chi connectivity index (χ2n) is 5.92. The second kappa shape index (κ2) is 8.49. The monoisotopic (exact) mass is 294 g/mol. The van der Waals surface area contributed by atoms with Crippen molar-refractivity contribution in [3.63, 3.8) is 0 Å². The summed E-state index contributed by atoms with van der Waals surface area (Å²) >= 11 is 0. The SMILES string of the molecule is CCCNC1CCCC1c1nc(CCN(CC)CC)no1. The van der Waals surface area contributed by atoms with Crippen molar-refractivity contribution >= 4 is 0 Å². The largest absolute Gasteiger partial charge is 0.339 e. The highest BCUT2D eigenvalue weighted by molar-refractivity contribution is 5.03. The normalized spacial score (nSPS) is 22.3. The van der Waals surface area contributed by atoms with Crippen LogP contribution in [0.25, 0.3) is 0 Å². The van der Waals surface area contributed by atoms with Crippen molar-refractivity contribution in [3.05, 3.63) is 11.7 Å². The Morgan fingerprint density at radius 1 is 1.24 bits per heavy atom. The van der Waals surface area contributed by atoms with Crippen LogP contribution in [-0.4, -0.2) is 47.3 Å². The molecule has 1 aliphatic carbocycles. The quantitative estimate of drug-likeness (QED) is 0.758. The molecule has 0 spiro atoms. The van der Waals surface area contributed by atoms with Gasteiger partial charge >= 0.3 is 0 Å². The first-order chi connectivity index (χ1) is 10.3. The zero-order valence-electron chi connectivity index (χ0n) is 13.8. The van der Waals surface area contributed by atoms with Crippen LogP contribution in [0.3, 0.4) is 0 Å². The van der Waals surface area contributed by atoms with Crippen molar-refractivity contribution < 1.29 is 4.52 Å². The van der Waals surface area contributed by atoms with Crippen molar-refractivity contribution in [1.82, 2.24) is 20.4 Å². The summed E-state index contributed by atoms with van der Waals surface area (Å²) in [6.07, 6.45) is 5.69. The minimum atomic E-state index is 0.409. The summed E-state index contributed by atoms with van der Waals surface area (Å²) in [5.74, 6) is 2.11. The topological polar surface area (TPSA) is 54.2 Å². The van der Waals surface area contributed by atoms with Gasteiger partial charge in [0, 0.05) is 19.0 Å². The van der Waals surface area contributed by atoms with E-state index in [9.17, 15) is 0 Å². The highest BCUT2D eigenvalue weighted by atomic mass is 16.5. The first-order valence-corrected chi connectivity index (χ1v) is 8.56.